The van der Waals surface area contributed by atoms with Crippen LogP contribution in [0.2, 0.25) is 0 Å². The Morgan fingerprint density at radius 2 is 1.53 bits per heavy atom. The Morgan fingerprint density at radius 1 is 1.05 bits per heavy atom. The Morgan fingerprint density at radius 3 is 1.84 bits per heavy atom. The van der Waals surface area contributed by atoms with Crippen LogP contribution in [0.4, 0.5) is 0 Å². The fourth-order valence-corrected chi connectivity index (χ4v) is 1.15. The SMILES string of the molecule is CC(NC(=O)C(C)(C)C)C(=O)NC(C(=O)O)C(C)O. The Hall–Kier alpha value is -1.63. The number of rotatable bonds is 5. The average molecular weight is 274 g/mol. The van der Waals surface area contributed by atoms with Gasteiger partial charge >= 0.3 is 5.97 Å². The number of aliphatic hydroxyl groups excluding tert-OH is 1. The molecule has 4 N–H and O–H groups in total. The number of nitrogens with one attached hydrogen (secondary N) is 2. The summed E-state index contributed by atoms with van der Waals surface area (Å²) in [7, 11) is 0. The number of hydrogen-bond donors (Lipinski definition) is 4. The van der Waals surface area contributed by atoms with Gasteiger partial charge in [0.05, 0.1) is 6.10 Å². The minimum absolute atomic E-state index is 0.320. The molecule has 0 aliphatic rings. The minimum Gasteiger partial charge on any atom is -0.480 e. The van der Waals surface area contributed by atoms with Gasteiger partial charge in [-0.25, -0.2) is 4.79 Å². The summed E-state index contributed by atoms with van der Waals surface area (Å²) in [4.78, 5) is 34.2. The van der Waals surface area contributed by atoms with E-state index in [1.54, 1.807) is 20.8 Å². The van der Waals surface area contributed by atoms with E-state index in [0.717, 1.165) is 0 Å². The third-order valence-electron chi connectivity index (χ3n) is 2.47. The lowest BCUT2D eigenvalue weighted by Gasteiger charge is -2.23. The normalized spacial score (nSPS) is 16.1. The lowest BCUT2D eigenvalue weighted by atomic mass is 9.95. The van der Waals surface area contributed by atoms with E-state index < -0.39 is 35.5 Å². The molecule has 0 fully saturated rings. The van der Waals surface area contributed by atoms with Gasteiger partial charge in [-0.1, -0.05) is 20.8 Å². The van der Waals surface area contributed by atoms with E-state index in [9.17, 15) is 19.5 Å². The number of aliphatic carboxylic acids is 1. The molecule has 0 aromatic heterocycles. The number of hydrogen-bond acceptors (Lipinski definition) is 4. The summed E-state index contributed by atoms with van der Waals surface area (Å²) in [5, 5.41) is 22.7. The first-order chi connectivity index (χ1) is 8.46. The number of aliphatic hydroxyl groups is 1. The molecule has 2 amide bonds. The largest absolute Gasteiger partial charge is 0.480 e. The molecule has 19 heavy (non-hydrogen) atoms. The van der Waals surface area contributed by atoms with Crippen LogP contribution in [-0.2, 0) is 14.4 Å². The highest BCUT2D eigenvalue weighted by Gasteiger charge is 2.29. The molecule has 3 unspecified atom stereocenters. The van der Waals surface area contributed by atoms with Crippen LogP contribution in [0.3, 0.4) is 0 Å². The summed E-state index contributed by atoms with van der Waals surface area (Å²) in [6, 6.07) is -2.28. The van der Waals surface area contributed by atoms with Crippen LogP contribution < -0.4 is 10.6 Å². The van der Waals surface area contributed by atoms with Gasteiger partial charge in [0.2, 0.25) is 11.8 Å². The number of amides is 2. The van der Waals surface area contributed by atoms with E-state index in [1.165, 1.54) is 13.8 Å². The van der Waals surface area contributed by atoms with E-state index in [1.807, 2.05) is 0 Å². The lowest BCUT2D eigenvalue weighted by molar-refractivity contribution is -0.145. The molecule has 0 saturated carbocycles. The van der Waals surface area contributed by atoms with E-state index in [-0.39, 0.29) is 5.91 Å². The first kappa shape index (κ1) is 17.4. The van der Waals surface area contributed by atoms with Crippen LogP contribution in [0.25, 0.3) is 0 Å². The van der Waals surface area contributed by atoms with Gasteiger partial charge < -0.3 is 20.8 Å². The molecule has 0 rings (SSSR count). The first-order valence-corrected chi connectivity index (χ1v) is 5.99. The molecular formula is C12H22N2O5. The number of carboxylic acid groups (broad SMARTS) is 1. The standard InChI is InChI=1S/C12H22N2O5/c1-6(13-11(19)12(3,4)5)9(16)14-8(7(2)15)10(17)18/h6-8,15H,1-5H3,(H,13,19)(H,14,16)(H,17,18). The molecule has 0 aromatic carbocycles. The molecule has 110 valence electrons. The van der Waals surface area contributed by atoms with Crippen molar-refractivity contribution in [3.05, 3.63) is 0 Å². The fraction of sp³-hybridized carbons (Fsp3) is 0.750. The van der Waals surface area contributed by atoms with Crippen molar-refractivity contribution in [2.75, 3.05) is 0 Å². The topological polar surface area (TPSA) is 116 Å². The van der Waals surface area contributed by atoms with Crippen molar-refractivity contribution in [1.82, 2.24) is 10.6 Å². The molecule has 7 heteroatoms. The molecule has 0 aliphatic carbocycles. The van der Waals surface area contributed by atoms with Crippen LogP contribution in [0.15, 0.2) is 0 Å². The van der Waals surface area contributed by atoms with E-state index in [2.05, 4.69) is 10.6 Å². The summed E-state index contributed by atoms with van der Waals surface area (Å²) >= 11 is 0. The molecule has 7 nitrogen and oxygen atoms in total. The molecule has 0 spiro atoms. The molecule has 0 aromatic rings. The van der Waals surface area contributed by atoms with Gasteiger partial charge in [-0.3, -0.25) is 9.59 Å². The van der Waals surface area contributed by atoms with Crippen molar-refractivity contribution in [3.63, 3.8) is 0 Å². The van der Waals surface area contributed by atoms with Gasteiger partial charge in [0, 0.05) is 5.41 Å². The van der Waals surface area contributed by atoms with Crippen LogP contribution in [0.5, 0.6) is 0 Å². The van der Waals surface area contributed by atoms with Crippen molar-refractivity contribution in [1.29, 1.82) is 0 Å². The molecule has 0 saturated heterocycles. The highest BCUT2D eigenvalue weighted by molar-refractivity contribution is 5.91. The maximum absolute atomic E-state index is 11.7. The lowest BCUT2D eigenvalue weighted by Crippen LogP contribution is -2.54. The third-order valence-corrected chi connectivity index (χ3v) is 2.47. The molecule has 3 atom stereocenters. The zero-order valence-electron chi connectivity index (χ0n) is 11.9. The Labute approximate surface area is 112 Å². The molecule has 0 aliphatic heterocycles. The van der Waals surface area contributed by atoms with E-state index in [0.29, 0.717) is 0 Å². The number of carbonyl (C=O) groups is 3. The van der Waals surface area contributed by atoms with Crippen molar-refractivity contribution in [3.8, 4) is 0 Å². The minimum atomic E-state index is -1.40. The van der Waals surface area contributed by atoms with E-state index in [4.69, 9.17) is 5.11 Å². The van der Waals surface area contributed by atoms with Gasteiger partial charge in [0.25, 0.3) is 0 Å². The van der Waals surface area contributed by atoms with Gasteiger partial charge in [0.15, 0.2) is 6.04 Å². The van der Waals surface area contributed by atoms with E-state index >= 15 is 0 Å². The molecule has 0 bridgehead atoms. The van der Waals surface area contributed by atoms with Crippen molar-refractivity contribution < 1.29 is 24.6 Å². The average Bonchev–Trinajstić information content (AvgIpc) is 2.22. The van der Waals surface area contributed by atoms with Gasteiger partial charge in [0.1, 0.15) is 6.04 Å². The van der Waals surface area contributed by atoms with Crippen LogP contribution in [0, 0.1) is 5.41 Å². The molecular weight excluding hydrogens is 252 g/mol. The predicted molar refractivity (Wildman–Crippen MR) is 68.3 cm³/mol. The molecule has 0 heterocycles. The Bertz CT molecular complexity index is 360. The second-order valence-electron chi connectivity index (χ2n) is 5.51. The van der Waals surface area contributed by atoms with Crippen LogP contribution in [-0.4, -0.2) is 46.2 Å². The zero-order valence-corrected chi connectivity index (χ0v) is 11.9. The first-order valence-electron chi connectivity index (χ1n) is 5.99. The quantitative estimate of drug-likeness (QED) is 0.539. The summed E-state index contributed by atoms with van der Waals surface area (Å²) in [5.74, 6) is -2.32. The highest BCUT2D eigenvalue weighted by Crippen LogP contribution is 2.12. The highest BCUT2D eigenvalue weighted by atomic mass is 16.4. The summed E-state index contributed by atoms with van der Waals surface area (Å²) in [6.45, 7) is 7.80. The predicted octanol–water partition coefficient (Wildman–Crippen LogP) is -0.513. The maximum atomic E-state index is 11.7. The van der Waals surface area contributed by atoms with Crippen molar-refractivity contribution in [2.45, 2.75) is 52.8 Å². The maximum Gasteiger partial charge on any atom is 0.328 e. The smallest absolute Gasteiger partial charge is 0.328 e. The zero-order chi connectivity index (χ0) is 15.4. The number of carbonyl (C=O) groups excluding carboxylic acids is 2. The Kier molecular flexibility index (Phi) is 5.95. The van der Waals surface area contributed by atoms with Crippen molar-refractivity contribution >= 4 is 17.8 Å². The van der Waals surface area contributed by atoms with Gasteiger partial charge in [-0.05, 0) is 13.8 Å². The van der Waals surface area contributed by atoms with Gasteiger partial charge in [-0.15, -0.1) is 0 Å². The second kappa shape index (κ2) is 6.51. The summed E-state index contributed by atoms with van der Waals surface area (Å²) in [6.07, 6.45) is -1.23. The fourth-order valence-electron chi connectivity index (χ4n) is 1.15. The second-order valence-corrected chi connectivity index (χ2v) is 5.51. The number of carboxylic acids is 1. The monoisotopic (exact) mass is 274 g/mol. The third kappa shape index (κ3) is 5.69. The van der Waals surface area contributed by atoms with Gasteiger partial charge in [-0.2, -0.15) is 0 Å². The van der Waals surface area contributed by atoms with Crippen LogP contribution in [0.1, 0.15) is 34.6 Å². The molecule has 0 radical (unpaired) electrons. The summed E-state index contributed by atoms with van der Waals surface area (Å²) < 4.78 is 0. The Balaban J connectivity index is 4.58. The van der Waals surface area contributed by atoms with Crippen molar-refractivity contribution in [2.24, 2.45) is 5.41 Å². The summed E-state index contributed by atoms with van der Waals surface area (Å²) in [5.41, 5.74) is -0.648. The van der Waals surface area contributed by atoms with Crippen LogP contribution >= 0.6 is 0 Å².